The summed E-state index contributed by atoms with van der Waals surface area (Å²) in [6, 6.07) is 7.58. The Hall–Kier alpha value is -2.69. The summed E-state index contributed by atoms with van der Waals surface area (Å²) in [5.74, 6) is 0.0408. The van der Waals surface area contributed by atoms with Crippen molar-refractivity contribution in [1.82, 2.24) is 9.88 Å². The maximum atomic E-state index is 12.5. The molecule has 2 aromatic rings. The number of nitrogens with one attached hydrogen (secondary N) is 1. The van der Waals surface area contributed by atoms with Crippen LogP contribution in [0.25, 0.3) is 10.9 Å². The van der Waals surface area contributed by atoms with Crippen LogP contribution in [0.5, 0.6) is 0 Å². The van der Waals surface area contributed by atoms with Crippen molar-refractivity contribution in [3.8, 4) is 0 Å². The first-order valence-electron chi connectivity index (χ1n) is 7.86. The molecule has 1 aromatic carbocycles. The molecule has 5 nitrogen and oxygen atoms in total. The second-order valence-corrected chi connectivity index (χ2v) is 5.94. The number of carbonyl (C=O) groups is 2. The Balaban J connectivity index is 1.72. The lowest BCUT2D eigenvalue weighted by molar-refractivity contribution is 0.0950. The van der Waals surface area contributed by atoms with E-state index in [1.54, 1.807) is 6.21 Å². The summed E-state index contributed by atoms with van der Waals surface area (Å²) in [5.41, 5.74) is 3.29. The van der Waals surface area contributed by atoms with Crippen LogP contribution in [-0.2, 0) is 6.54 Å². The molecule has 0 radical (unpaired) electrons. The number of rotatable bonds is 3. The van der Waals surface area contributed by atoms with Gasteiger partial charge in [-0.15, -0.1) is 0 Å². The number of benzene rings is 1. The smallest absolute Gasteiger partial charge is 0.267 e. The third kappa shape index (κ3) is 2.48. The van der Waals surface area contributed by atoms with Crippen LogP contribution < -0.4 is 5.32 Å². The van der Waals surface area contributed by atoms with Gasteiger partial charge in [-0.25, -0.2) is 0 Å². The van der Waals surface area contributed by atoms with Gasteiger partial charge in [-0.05, 0) is 24.1 Å². The van der Waals surface area contributed by atoms with Crippen LogP contribution in [0.1, 0.15) is 33.7 Å². The third-order valence-electron chi connectivity index (χ3n) is 4.38. The molecule has 23 heavy (non-hydrogen) atoms. The van der Waals surface area contributed by atoms with Crippen LogP contribution in [0.2, 0.25) is 0 Å². The number of ketones is 1. The molecule has 5 heteroatoms. The van der Waals surface area contributed by atoms with Crippen LogP contribution in [0, 0.1) is 0 Å². The van der Waals surface area contributed by atoms with Gasteiger partial charge >= 0.3 is 0 Å². The topological polar surface area (TPSA) is 63.5 Å². The van der Waals surface area contributed by atoms with E-state index in [1.165, 1.54) is 0 Å². The molecule has 0 atom stereocenters. The molecule has 4 rings (SSSR count). The maximum Gasteiger partial charge on any atom is 0.267 e. The molecule has 2 aliphatic heterocycles. The lowest BCUT2D eigenvalue weighted by atomic mass is 10.0. The first kappa shape index (κ1) is 13.9. The van der Waals surface area contributed by atoms with Crippen molar-refractivity contribution in [2.75, 3.05) is 13.1 Å². The predicted octanol–water partition coefficient (Wildman–Crippen LogP) is 2.36. The number of aryl methyl sites for hydroxylation is 1. The number of carbonyl (C=O) groups excluding carboxylic acids is 2. The maximum absolute atomic E-state index is 12.5. The first-order valence-corrected chi connectivity index (χ1v) is 7.86. The summed E-state index contributed by atoms with van der Waals surface area (Å²) in [6.45, 7) is 2.14. The van der Waals surface area contributed by atoms with Crippen molar-refractivity contribution in [3.63, 3.8) is 0 Å². The van der Waals surface area contributed by atoms with Crippen molar-refractivity contribution >= 4 is 28.8 Å². The fraction of sp³-hybridized carbons (Fsp3) is 0.278. The van der Waals surface area contributed by atoms with E-state index in [4.69, 9.17) is 0 Å². The predicted molar refractivity (Wildman–Crippen MR) is 89.3 cm³/mol. The lowest BCUT2D eigenvalue weighted by Gasteiger charge is -2.06. The van der Waals surface area contributed by atoms with Gasteiger partial charge in [0.1, 0.15) is 5.69 Å². The highest BCUT2D eigenvalue weighted by Gasteiger charge is 2.19. The van der Waals surface area contributed by atoms with Gasteiger partial charge in [-0.1, -0.05) is 18.2 Å². The van der Waals surface area contributed by atoms with Gasteiger partial charge in [-0.2, -0.15) is 0 Å². The number of Topliss-reactive ketones (excluding diaryl/α,β-unsaturated/α-hetero) is 1. The number of amides is 1. The largest absolute Gasteiger partial charge is 0.351 e. The molecule has 0 bridgehead atoms. The van der Waals surface area contributed by atoms with Crippen molar-refractivity contribution in [2.24, 2.45) is 4.99 Å². The van der Waals surface area contributed by atoms with Gasteiger partial charge in [0.2, 0.25) is 0 Å². The van der Waals surface area contributed by atoms with Crippen LogP contribution >= 0.6 is 0 Å². The van der Waals surface area contributed by atoms with Gasteiger partial charge in [0.05, 0.1) is 6.54 Å². The van der Waals surface area contributed by atoms with Gasteiger partial charge in [0.25, 0.3) is 5.91 Å². The van der Waals surface area contributed by atoms with Crippen LogP contribution in [-0.4, -0.2) is 35.6 Å². The second kappa shape index (κ2) is 5.50. The van der Waals surface area contributed by atoms with Crippen LogP contribution in [0.3, 0.4) is 0 Å². The van der Waals surface area contributed by atoms with E-state index in [0.29, 0.717) is 30.8 Å². The molecule has 0 aliphatic carbocycles. The highest BCUT2D eigenvalue weighted by atomic mass is 16.2. The molecule has 0 saturated heterocycles. The van der Waals surface area contributed by atoms with E-state index in [0.717, 1.165) is 29.4 Å². The number of aromatic nitrogens is 1. The van der Waals surface area contributed by atoms with E-state index in [-0.39, 0.29) is 11.7 Å². The number of aliphatic imine (C=N–C) groups is 1. The Kier molecular flexibility index (Phi) is 3.33. The molecular weight excluding hydrogens is 290 g/mol. The summed E-state index contributed by atoms with van der Waals surface area (Å²) >= 11 is 0. The molecule has 2 aliphatic rings. The van der Waals surface area contributed by atoms with E-state index >= 15 is 0 Å². The molecule has 1 N–H and O–H groups in total. The first-order chi connectivity index (χ1) is 11.2. The molecular formula is C18H17N3O2. The number of nitrogens with zero attached hydrogens (tertiary/aromatic N) is 2. The van der Waals surface area contributed by atoms with Gasteiger partial charge in [-0.3, -0.25) is 14.6 Å². The molecule has 0 fully saturated rings. The van der Waals surface area contributed by atoms with Crippen molar-refractivity contribution in [1.29, 1.82) is 0 Å². The minimum absolute atomic E-state index is 0.0427. The zero-order chi connectivity index (χ0) is 15.8. The number of fused-ring (bicyclic) bond motifs is 3. The quantitative estimate of drug-likeness (QED) is 0.885. The summed E-state index contributed by atoms with van der Waals surface area (Å²) in [5, 5.41) is 3.89. The lowest BCUT2D eigenvalue weighted by Crippen LogP contribution is -2.22. The zero-order valence-corrected chi connectivity index (χ0v) is 12.7. The van der Waals surface area contributed by atoms with E-state index in [2.05, 4.69) is 10.3 Å². The summed E-state index contributed by atoms with van der Waals surface area (Å²) in [6.07, 6.45) is 5.02. The minimum atomic E-state index is -0.0427. The highest BCUT2D eigenvalue weighted by Crippen LogP contribution is 2.24. The van der Waals surface area contributed by atoms with Gasteiger partial charge in [0.15, 0.2) is 5.78 Å². The monoisotopic (exact) mass is 307 g/mol. The number of allylic oxidation sites excluding steroid dienone is 1. The normalized spacial score (nSPS) is 16.9. The molecule has 0 unspecified atom stereocenters. The standard InChI is InChI=1S/C18H17N3O2/c22-17(8-12-4-6-19-11-12)14-3-2-13-9-16-18(23)20-5-1-7-21(16)15(13)10-14/h2-4,9-11H,1,5-8H2,(H,20,23). The Morgan fingerprint density at radius 2 is 2.22 bits per heavy atom. The number of hydrogen-bond acceptors (Lipinski definition) is 3. The highest BCUT2D eigenvalue weighted by molar-refractivity contribution is 6.05. The Morgan fingerprint density at radius 3 is 3.04 bits per heavy atom. The molecule has 0 spiro atoms. The average molecular weight is 307 g/mol. The van der Waals surface area contributed by atoms with Crippen molar-refractivity contribution < 1.29 is 9.59 Å². The SMILES string of the molecule is O=C(CC1=CCN=C1)c1ccc2cc3n(c2c1)CCCNC3=O. The van der Waals surface area contributed by atoms with Crippen LogP contribution in [0.4, 0.5) is 0 Å². The number of hydrogen-bond donors (Lipinski definition) is 1. The third-order valence-corrected chi connectivity index (χ3v) is 4.38. The van der Waals surface area contributed by atoms with Crippen molar-refractivity contribution in [3.05, 3.63) is 47.2 Å². The fourth-order valence-corrected chi connectivity index (χ4v) is 3.18. The molecule has 3 heterocycles. The van der Waals surface area contributed by atoms with Crippen molar-refractivity contribution in [2.45, 2.75) is 19.4 Å². The Bertz CT molecular complexity index is 874. The zero-order valence-electron chi connectivity index (χ0n) is 12.7. The fourth-order valence-electron chi connectivity index (χ4n) is 3.18. The Labute approximate surface area is 133 Å². The minimum Gasteiger partial charge on any atom is -0.351 e. The van der Waals surface area contributed by atoms with Gasteiger partial charge < -0.3 is 9.88 Å². The summed E-state index contributed by atoms with van der Waals surface area (Å²) in [7, 11) is 0. The summed E-state index contributed by atoms with van der Waals surface area (Å²) in [4.78, 5) is 28.7. The second-order valence-electron chi connectivity index (χ2n) is 5.94. The van der Waals surface area contributed by atoms with Gasteiger partial charge in [0, 0.05) is 42.2 Å². The van der Waals surface area contributed by atoms with E-state index < -0.39 is 0 Å². The Morgan fingerprint density at radius 1 is 1.30 bits per heavy atom. The molecule has 0 saturated carbocycles. The van der Waals surface area contributed by atoms with E-state index in [1.807, 2.05) is 34.9 Å². The van der Waals surface area contributed by atoms with E-state index in [9.17, 15) is 9.59 Å². The molecule has 1 aromatic heterocycles. The van der Waals surface area contributed by atoms with Crippen LogP contribution in [0.15, 0.2) is 40.9 Å². The molecule has 1 amide bonds. The average Bonchev–Trinajstić information content (AvgIpc) is 3.14. The molecule has 116 valence electrons. The summed E-state index contributed by atoms with van der Waals surface area (Å²) < 4.78 is 2.02.